The number of fused-ring (bicyclic) bond motifs is 1. The minimum atomic E-state index is -0.296. The number of carbonyl (C=O) groups is 2. The van der Waals surface area contributed by atoms with Crippen LogP contribution in [0, 0.1) is 0 Å². The van der Waals surface area contributed by atoms with E-state index in [0.29, 0.717) is 46.0 Å². The molecule has 8 heteroatoms. The standard InChI is InChI=1S/C26H22Cl3N3O2/c1-30-11-10-16(25(30)33)15-12-18(17-6-3-4-7-20(17)27)19-14-31(2)26(34)32(23(19)13-15)24-21(28)8-5-9-22(24)29/h3-9,12-13,16H,10-11,14H2,1-2H3/t16-/m0/s1. The van der Waals surface area contributed by atoms with Crippen LogP contribution in [-0.2, 0) is 11.3 Å². The molecule has 1 fully saturated rings. The number of nitrogens with zero attached hydrogens (tertiary/aromatic N) is 3. The Morgan fingerprint density at radius 1 is 0.824 bits per heavy atom. The summed E-state index contributed by atoms with van der Waals surface area (Å²) in [5.74, 6) is -0.235. The first-order chi connectivity index (χ1) is 16.3. The molecule has 3 amide bonds. The van der Waals surface area contributed by atoms with Crippen molar-refractivity contribution in [1.82, 2.24) is 9.80 Å². The Hall–Kier alpha value is -2.73. The molecule has 1 saturated heterocycles. The van der Waals surface area contributed by atoms with E-state index in [1.165, 1.54) is 0 Å². The highest BCUT2D eigenvalue weighted by Gasteiger charge is 2.37. The highest BCUT2D eigenvalue weighted by Crippen LogP contribution is 2.47. The zero-order valence-corrected chi connectivity index (χ0v) is 21.0. The Morgan fingerprint density at radius 2 is 1.50 bits per heavy atom. The van der Waals surface area contributed by atoms with E-state index in [9.17, 15) is 9.59 Å². The lowest BCUT2D eigenvalue weighted by atomic mass is 9.88. The molecule has 0 saturated carbocycles. The second kappa shape index (κ2) is 8.81. The lowest BCUT2D eigenvalue weighted by Gasteiger charge is -2.37. The topological polar surface area (TPSA) is 43.9 Å². The summed E-state index contributed by atoms with van der Waals surface area (Å²) in [7, 11) is 3.55. The molecule has 3 aromatic carbocycles. The Balaban J connectivity index is 1.81. The van der Waals surface area contributed by atoms with Crippen molar-refractivity contribution >= 4 is 58.1 Å². The van der Waals surface area contributed by atoms with Gasteiger partial charge in [-0.15, -0.1) is 0 Å². The normalized spacial score (nSPS) is 18.0. The van der Waals surface area contributed by atoms with Crippen molar-refractivity contribution in [1.29, 1.82) is 0 Å². The number of hydrogen-bond donors (Lipinski definition) is 0. The third-order valence-corrected chi connectivity index (χ3v) is 7.50. The molecule has 0 N–H and O–H groups in total. The molecule has 0 unspecified atom stereocenters. The summed E-state index contributed by atoms with van der Waals surface area (Å²) in [6.07, 6.45) is 0.705. The highest BCUT2D eigenvalue weighted by molar-refractivity contribution is 6.40. The van der Waals surface area contributed by atoms with Gasteiger partial charge < -0.3 is 9.80 Å². The van der Waals surface area contributed by atoms with Crippen LogP contribution in [0.25, 0.3) is 11.1 Å². The van der Waals surface area contributed by atoms with E-state index in [1.807, 2.05) is 43.4 Å². The fourth-order valence-electron chi connectivity index (χ4n) is 4.79. The summed E-state index contributed by atoms with van der Waals surface area (Å²) in [6.45, 7) is 1.07. The average molecular weight is 515 g/mol. The van der Waals surface area contributed by atoms with Crippen molar-refractivity contribution in [2.75, 3.05) is 25.5 Å². The van der Waals surface area contributed by atoms with Gasteiger partial charge in [0.15, 0.2) is 0 Å². The van der Waals surface area contributed by atoms with Crippen LogP contribution in [0.4, 0.5) is 16.2 Å². The molecular formula is C26H22Cl3N3O2. The van der Waals surface area contributed by atoms with Gasteiger partial charge in [0.1, 0.15) is 0 Å². The van der Waals surface area contributed by atoms with Crippen LogP contribution in [0.3, 0.4) is 0 Å². The largest absolute Gasteiger partial charge is 0.345 e. The van der Waals surface area contributed by atoms with Gasteiger partial charge in [0, 0.05) is 43.3 Å². The molecule has 1 atom stereocenters. The molecule has 0 aliphatic carbocycles. The molecule has 34 heavy (non-hydrogen) atoms. The van der Waals surface area contributed by atoms with Gasteiger partial charge in [-0.3, -0.25) is 9.69 Å². The predicted octanol–water partition coefficient (Wildman–Crippen LogP) is 6.96. The molecule has 0 aromatic heterocycles. The molecule has 5 nitrogen and oxygen atoms in total. The molecule has 0 bridgehead atoms. The van der Waals surface area contributed by atoms with E-state index in [2.05, 4.69) is 0 Å². The monoisotopic (exact) mass is 513 g/mol. The molecular weight excluding hydrogens is 493 g/mol. The quantitative estimate of drug-likeness (QED) is 0.379. The predicted molar refractivity (Wildman–Crippen MR) is 137 cm³/mol. The van der Waals surface area contributed by atoms with Crippen LogP contribution >= 0.6 is 34.8 Å². The number of likely N-dealkylation sites (tertiary alicyclic amines) is 1. The van der Waals surface area contributed by atoms with Crippen LogP contribution in [0.2, 0.25) is 15.1 Å². The average Bonchev–Trinajstić information content (AvgIpc) is 3.14. The summed E-state index contributed by atoms with van der Waals surface area (Å²) in [5, 5.41) is 1.32. The highest BCUT2D eigenvalue weighted by atomic mass is 35.5. The van der Waals surface area contributed by atoms with Crippen LogP contribution in [0.1, 0.15) is 23.5 Å². The summed E-state index contributed by atoms with van der Waals surface area (Å²) < 4.78 is 0. The Morgan fingerprint density at radius 3 is 2.15 bits per heavy atom. The summed E-state index contributed by atoms with van der Waals surface area (Å²) in [5.41, 5.74) is 4.55. The second-order valence-electron chi connectivity index (χ2n) is 8.69. The maximum absolute atomic E-state index is 13.5. The number of carbonyl (C=O) groups excluding carboxylic acids is 2. The Bertz CT molecular complexity index is 1310. The van der Waals surface area contributed by atoms with Crippen LogP contribution < -0.4 is 4.90 Å². The van der Waals surface area contributed by atoms with Crippen LogP contribution in [0.5, 0.6) is 0 Å². The van der Waals surface area contributed by atoms with Gasteiger partial charge >= 0.3 is 6.03 Å². The number of urea groups is 1. The number of hydrogen-bond acceptors (Lipinski definition) is 2. The number of amides is 3. The fourth-order valence-corrected chi connectivity index (χ4v) is 5.60. The zero-order chi connectivity index (χ0) is 24.1. The summed E-state index contributed by atoms with van der Waals surface area (Å²) in [4.78, 5) is 31.3. The minimum absolute atomic E-state index is 0.0617. The van der Waals surface area contributed by atoms with E-state index in [1.54, 1.807) is 39.9 Å². The smallest absolute Gasteiger partial charge is 0.329 e. The van der Waals surface area contributed by atoms with E-state index < -0.39 is 0 Å². The van der Waals surface area contributed by atoms with Gasteiger partial charge in [-0.2, -0.15) is 0 Å². The van der Waals surface area contributed by atoms with Gasteiger partial charge in [0.2, 0.25) is 5.91 Å². The fraction of sp³-hybridized carbons (Fsp3) is 0.231. The van der Waals surface area contributed by atoms with Crippen molar-refractivity contribution in [2.24, 2.45) is 0 Å². The molecule has 2 heterocycles. The van der Waals surface area contributed by atoms with Crippen molar-refractivity contribution < 1.29 is 9.59 Å². The molecule has 2 aliphatic heterocycles. The molecule has 2 aliphatic rings. The van der Waals surface area contributed by atoms with Gasteiger partial charge in [-0.1, -0.05) is 59.1 Å². The van der Waals surface area contributed by atoms with E-state index in [0.717, 1.165) is 22.3 Å². The first-order valence-corrected chi connectivity index (χ1v) is 12.1. The number of rotatable bonds is 3. The van der Waals surface area contributed by atoms with E-state index in [4.69, 9.17) is 34.8 Å². The lowest BCUT2D eigenvalue weighted by molar-refractivity contribution is -0.127. The third kappa shape index (κ3) is 3.72. The number of likely N-dealkylation sites (N-methyl/N-ethyl adjacent to an activating group) is 1. The van der Waals surface area contributed by atoms with E-state index in [-0.39, 0.29) is 17.9 Å². The molecule has 5 rings (SSSR count). The van der Waals surface area contributed by atoms with E-state index >= 15 is 0 Å². The SMILES string of the molecule is CN1CC[C@@H](c2cc(-c3ccccc3Cl)c3c(c2)N(c2c(Cl)cccc2Cl)C(=O)N(C)C3)C1=O. The van der Waals surface area contributed by atoms with Crippen molar-refractivity contribution in [3.05, 3.63) is 80.8 Å². The number of anilines is 2. The number of benzene rings is 3. The van der Waals surface area contributed by atoms with Gasteiger partial charge in [-0.05, 0) is 47.9 Å². The molecule has 0 spiro atoms. The van der Waals surface area contributed by atoms with Crippen LogP contribution in [0.15, 0.2) is 54.6 Å². The van der Waals surface area contributed by atoms with Crippen molar-refractivity contribution in [2.45, 2.75) is 18.9 Å². The lowest BCUT2D eigenvalue weighted by Crippen LogP contribution is -2.43. The zero-order valence-electron chi connectivity index (χ0n) is 18.7. The van der Waals surface area contributed by atoms with Crippen molar-refractivity contribution in [3.63, 3.8) is 0 Å². The third-order valence-electron chi connectivity index (χ3n) is 6.56. The van der Waals surface area contributed by atoms with Crippen molar-refractivity contribution in [3.8, 4) is 11.1 Å². The number of para-hydroxylation sites is 1. The number of halogens is 3. The Kier molecular flexibility index (Phi) is 5.96. The first kappa shape index (κ1) is 23.0. The maximum Gasteiger partial charge on any atom is 0.329 e. The van der Waals surface area contributed by atoms with Crippen LogP contribution in [-0.4, -0.2) is 42.4 Å². The maximum atomic E-state index is 13.5. The first-order valence-electron chi connectivity index (χ1n) is 10.9. The van der Waals surface area contributed by atoms with Gasteiger partial charge in [-0.25, -0.2) is 4.79 Å². The summed E-state index contributed by atoms with van der Waals surface area (Å²) >= 11 is 19.7. The minimum Gasteiger partial charge on any atom is -0.345 e. The Labute approximate surface area is 213 Å². The molecule has 0 radical (unpaired) electrons. The molecule has 3 aromatic rings. The van der Waals surface area contributed by atoms with Gasteiger partial charge in [0.25, 0.3) is 0 Å². The second-order valence-corrected chi connectivity index (χ2v) is 9.91. The summed E-state index contributed by atoms with van der Waals surface area (Å²) in [6, 6.07) is 16.5. The van der Waals surface area contributed by atoms with Gasteiger partial charge in [0.05, 0.1) is 27.3 Å². The molecule has 174 valence electrons.